The molecule has 0 bridgehead atoms. The molecule has 0 aliphatic carbocycles. The lowest BCUT2D eigenvalue weighted by Gasteiger charge is -2.02. The molecule has 4 N–H and O–H groups in total. The van der Waals surface area contributed by atoms with E-state index in [-0.39, 0.29) is 0 Å². The molecule has 0 fully saturated rings. The summed E-state index contributed by atoms with van der Waals surface area (Å²) >= 11 is 0. The fourth-order valence-corrected chi connectivity index (χ4v) is 0.745. The van der Waals surface area contributed by atoms with Crippen LogP contribution in [-0.4, -0.2) is 4.98 Å². The van der Waals surface area contributed by atoms with Crippen molar-refractivity contribution in [3.8, 4) is 0 Å². The number of anilines is 2. The van der Waals surface area contributed by atoms with Crippen LogP contribution in [0.4, 0.5) is 11.5 Å². The molecular formula is C7H11N3. The van der Waals surface area contributed by atoms with Crippen molar-refractivity contribution in [1.29, 1.82) is 0 Å². The Balaban J connectivity index is 3.28. The number of hydrogen-bond donors (Lipinski definition) is 2. The van der Waals surface area contributed by atoms with E-state index >= 15 is 0 Å². The second-order valence-electron chi connectivity index (χ2n) is 2.37. The number of nitrogens with zero attached hydrogens (tertiary/aromatic N) is 1. The van der Waals surface area contributed by atoms with E-state index in [0.717, 1.165) is 11.3 Å². The van der Waals surface area contributed by atoms with Crippen LogP contribution >= 0.6 is 0 Å². The summed E-state index contributed by atoms with van der Waals surface area (Å²) in [5.74, 6) is 0.562. The molecule has 10 heavy (non-hydrogen) atoms. The highest BCUT2D eigenvalue weighted by Gasteiger charge is 1.98. The maximum Gasteiger partial charge on any atom is 0.126 e. The van der Waals surface area contributed by atoms with Crippen LogP contribution in [0.1, 0.15) is 11.3 Å². The number of nitrogen functional groups attached to an aromatic ring is 2. The smallest absolute Gasteiger partial charge is 0.126 e. The predicted octanol–water partition coefficient (Wildman–Crippen LogP) is 0.863. The highest BCUT2D eigenvalue weighted by molar-refractivity contribution is 5.52. The molecule has 3 nitrogen and oxygen atoms in total. The summed E-state index contributed by atoms with van der Waals surface area (Å²) in [6, 6.07) is 1.83. The van der Waals surface area contributed by atoms with Crippen LogP contribution in [0.2, 0.25) is 0 Å². The molecule has 0 saturated heterocycles. The van der Waals surface area contributed by atoms with Crippen LogP contribution in [0.15, 0.2) is 6.07 Å². The standard InChI is InChI=1S/C7H11N3/c1-4-3-6(8)5(2)10-7(4)9/h3H,8H2,1-2H3,(H2,9,10). The number of aryl methyl sites for hydroxylation is 2. The predicted molar refractivity (Wildman–Crippen MR) is 42.5 cm³/mol. The molecular weight excluding hydrogens is 126 g/mol. The Labute approximate surface area is 60.1 Å². The van der Waals surface area contributed by atoms with E-state index in [1.165, 1.54) is 0 Å². The van der Waals surface area contributed by atoms with Gasteiger partial charge < -0.3 is 11.5 Å². The van der Waals surface area contributed by atoms with Gasteiger partial charge in [0.05, 0.1) is 11.4 Å². The third kappa shape index (κ3) is 1.03. The molecule has 0 aliphatic heterocycles. The van der Waals surface area contributed by atoms with Gasteiger partial charge in [0.25, 0.3) is 0 Å². The number of nitrogens with two attached hydrogens (primary N) is 2. The lowest BCUT2D eigenvalue weighted by atomic mass is 10.2. The van der Waals surface area contributed by atoms with Gasteiger partial charge in [-0.2, -0.15) is 0 Å². The van der Waals surface area contributed by atoms with Crippen molar-refractivity contribution in [3.63, 3.8) is 0 Å². The van der Waals surface area contributed by atoms with Crippen LogP contribution in [0.5, 0.6) is 0 Å². The molecule has 0 radical (unpaired) electrons. The molecule has 0 aromatic carbocycles. The van der Waals surface area contributed by atoms with Crippen LogP contribution in [0, 0.1) is 13.8 Å². The third-order valence-electron chi connectivity index (χ3n) is 1.48. The van der Waals surface area contributed by atoms with Crippen molar-refractivity contribution in [2.75, 3.05) is 11.5 Å². The van der Waals surface area contributed by atoms with Crippen molar-refractivity contribution in [2.24, 2.45) is 0 Å². The Kier molecular flexibility index (Phi) is 1.49. The SMILES string of the molecule is Cc1cc(N)c(C)nc1N. The molecule has 1 rings (SSSR count). The molecule has 0 amide bonds. The lowest BCUT2D eigenvalue weighted by Crippen LogP contribution is -1.99. The zero-order valence-corrected chi connectivity index (χ0v) is 6.18. The Bertz CT molecular complexity index is 205. The lowest BCUT2D eigenvalue weighted by molar-refractivity contribution is 1.19. The number of hydrogen-bond acceptors (Lipinski definition) is 3. The first-order valence-electron chi connectivity index (χ1n) is 3.10. The summed E-state index contributed by atoms with van der Waals surface area (Å²) in [5, 5.41) is 0. The monoisotopic (exact) mass is 137 g/mol. The summed E-state index contributed by atoms with van der Waals surface area (Å²) in [7, 11) is 0. The topological polar surface area (TPSA) is 64.9 Å². The molecule has 0 saturated carbocycles. The van der Waals surface area contributed by atoms with E-state index < -0.39 is 0 Å². The highest BCUT2D eigenvalue weighted by Crippen LogP contribution is 2.14. The van der Waals surface area contributed by atoms with Gasteiger partial charge >= 0.3 is 0 Å². The normalized spacial score (nSPS) is 9.80. The number of aromatic nitrogens is 1. The average Bonchev–Trinajstić information content (AvgIpc) is 1.84. The van der Waals surface area contributed by atoms with Gasteiger partial charge in [-0.15, -0.1) is 0 Å². The number of pyridine rings is 1. The summed E-state index contributed by atoms with van der Waals surface area (Å²) < 4.78 is 0. The van der Waals surface area contributed by atoms with Crippen LogP contribution < -0.4 is 11.5 Å². The zero-order valence-electron chi connectivity index (χ0n) is 6.18. The largest absolute Gasteiger partial charge is 0.397 e. The molecule has 1 aromatic rings. The van der Waals surface area contributed by atoms with Crippen molar-refractivity contribution in [2.45, 2.75) is 13.8 Å². The van der Waals surface area contributed by atoms with E-state index in [4.69, 9.17) is 11.5 Å². The summed E-state index contributed by atoms with van der Waals surface area (Å²) in [5.41, 5.74) is 13.5. The van der Waals surface area contributed by atoms with Gasteiger partial charge in [0.1, 0.15) is 5.82 Å². The molecule has 0 spiro atoms. The summed E-state index contributed by atoms with van der Waals surface area (Å²) in [6.45, 7) is 3.73. The summed E-state index contributed by atoms with van der Waals surface area (Å²) in [4.78, 5) is 4.03. The molecule has 54 valence electrons. The van der Waals surface area contributed by atoms with Gasteiger partial charge in [-0.25, -0.2) is 4.98 Å². The van der Waals surface area contributed by atoms with E-state index in [2.05, 4.69) is 4.98 Å². The van der Waals surface area contributed by atoms with Gasteiger partial charge in [0, 0.05) is 0 Å². The molecule has 0 aliphatic rings. The maximum atomic E-state index is 5.57. The Hall–Kier alpha value is -1.25. The van der Waals surface area contributed by atoms with Crippen molar-refractivity contribution in [1.82, 2.24) is 4.98 Å². The van der Waals surface area contributed by atoms with Gasteiger partial charge in [0.2, 0.25) is 0 Å². The van der Waals surface area contributed by atoms with Gasteiger partial charge in [-0.3, -0.25) is 0 Å². The minimum atomic E-state index is 0.562. The minimum Gasteiger partial charge on any atom is -0.397 e. The fraction of sp³-hybridized carbons (Fsp3) is 0.286. The molecule has 0 atom stereocenters. The highest BCUT2D eigenvalue weighted by atomic mass is 14.9. The second kappa shape index (κ2) is 2.17. The van der Waals surface area contributed by atoms with Crippen molar-refractivity contribution >= 4 is 11.5 Å². The molecule has 1 heterocycles. The van der Waals surface area contributed by atoms with Crippen LogP contribution in [0.3, 0.4) is 0 Å². The van der Waals surface area contributed by atoms with E-state index in [1.54, 1.807) is 0 Å². The third-order valence-corrected chi connectivity index (χ3v) is 1.48. The first-order chi connectivity index (χ1) is 4.61. The minimum absolute atomic E-state index is 0.562. The Morgan fingerprint density at radius 2 is 1.90 bits per heavy atom. The second-order valence-corrected chi connectivity index (χ2v) is 2.37. The van der Waals surface area contributed by atoms with Crippen LogP contribution in [-0.2, 0) is 0 Å². The molecule has 3 heteroatoms. The van der Waals surface area contributed by atoms with E-state index in [1.807, 2.05) is 19.9 Å². The first kappa shape index (κ1) is 6.86. The van der Waals surface area contributed by atoms with Gasteiger partial charge in [0.15, 0.2) is 0 Å². The fourth-order valence-electron chi connectivity index (χ4n) is 0.745. The van der Waals surface area contributed by atoms with Crippen LogP contribution in [0.25, 0.3) is 0 Å². The van der Waals surface area contributed by atoms with Gasteiger partial charge in [-0.1, -0.05) is 0 Å². The summed E-state index contributed by atoms with van der Waals surface area (Å²) in [6.07, 6.45) is 0. The number of rotatable bonds is 0. The van der Waals surface area contributed by atoms with E-state index in [9.17, 15) is 0 Å². The molecule has 0 unspecified atom stereocenters. The van der Waals surface area contributed by atoms with Gasteiger partial charge in [-0.05, 0) is 25.5 Å². The Morgan fingerprint density at radius 1 is 1.30 bits per heavy atom. The molecule has 1 aromatic heterocycles. The quantitative estimate of drug-likeness (QED) is 0.557. The maximum absolute atomic E-state index is 5.57. The average molecular weight is 137 g/mol. The zero-order chi connectivity index (χ0) is 7.72. The first-order valence-corrected chi connectivity index (χ1v) is 3.10. The van der Waals surface area contributed by atoms with Crippen molar-refractivity contribution < 1.29 is 0 Å². The van der Waals surface area contributed by atoms with Crippen molar-refractivity contribution in [3.05, 3.63) is 17.3 Å². The van der Waals surface area contributed by atoms with E-state index in [0.29, 0.717) is 11.5 Å². The Morgan fingerprint density at radius 3 is 2.40 bits per heavy atom.